The van der Waals surface area contributed by atoms with Crippen molar-refractivity contribution in [1.82, 2.24) is 15.3 Å². The average molecular weight is 335 g/mol. The van der Waals surface area contributed by atoms with Crippen molar-refractivity contribution in [3.8, 4) is 11.3 Å². The molecule has 5 heteroatoms. The highest BCUT2D eigenvalue weighted by atomic mass is 16.3. The zero-order chi connectivity index (χ0) is 17.4. The zero-order valence-corrected chi connectivity index (χ0v) is 14.4. The van der Waals surface area contributed by atoms with Gasteiger partial charge in [-0.05, 0) is 26.7 Å². The highest BCUT2D eigenvalue weighted by Crippen LogP contribution is 2.31. The number of aromatic amines is 1. The number of H-pyrrole nitrogens is 1. The number of benzene rings is 1. The molecule has 2 heterocycles. The van der Waals surface area contributed by atoms with Crippen LogP contribution in [-0.2, 0) is 12.8 Å². The van der Waals surface area contributed by atoms with Crippen molar-refractivity contribution in [3.05, 3.63) is 64.9 Å². The lowest BCUT2D eigenvalue weighted by Gasteiger charge is -2.22. The topological polar surface area (TPSA) is 70.9 Å². The van der Waals surface area contributed by atoms with E-state index in [9.17, 15) is 4.79 Å². The van der Waals surface area contributed by atoms with Crippen LogP contribution < -0.4 is 5.32 Å². The highest BCUT2D eigenvalue weighted by molar-refractivity contribution is 6.01. The van der Waals surface area contributed by atoms with E-state index >= 15 is 0 Å². The Kier molecular flexibility index (Phi) is 3.92. The van der Waals surface area contributed by atoms with E-state index in [-0.39, 0.29) is 11.9 Å². The standard InChI is InChI=1S/C20H21N3O2/c1-12-13(2)25-19(14-6-4-3-5-7-14)18(12)20(24)23-15-8-9-16-17(10-15)22-11-21-16/h3-7,11,15H,8-10H2,1-2H3,(H,21,22)(H,23,24). The molecule has 1 aliphatic rings. The number of hydrogen-bond acceptors (Lipinski definition) is 3. The molecular weight excluding hydrogens is 314 g/mol. The van der Waals surface area contributed by atoms with Gasteiger partial charge in [0, 0.05) is 29.3 Å². The number of carbonyl (C=O) groups excluding carboxylic acids is 1. The van der Waals surface area contributed by atoms with Crippen molar-refractivity contribution in [2.75, 3.05) is 0 Å². The van der Waals surface area contributed by atoms with Crippen molar-refractivity contribution >= 4 is 5.91 Å². The normalized spacial score (nSPS) is 16.5. The molecule has 3 aromatic rings. The van der Waals surface area contributed by atoms with Gasteiger partial charge in [0.25, 0.3) is 5.91 Å². The summed E-state index contributed by atoms with van der Waals surface area (Å²) in [4.78, 5) is 20.5. The van der Waals surface area contributed by atoms with Crippen LogP contribution in [0.2, 0.25) is 0 Å². The smallest absolute Gasteiger partial charge is 0.255 e. The summed E-state index contributed by atoms with van der Waals surface area (Å²) < 4.78 is 5.91. The summed E-state index contributed by atoms with van der Waals surface area (Å²) in [6.45, 7) is 3.84. The summed E-state index contributed by atoms with van der Waals surface area (Å²) in [6, 6.07) is 9.89. The van der Waals surface area contributed by atoms with Crippen LogP contribution in [0.25, 0.3) is 11.3 Å². The number of furan rings is 1. The molecule has 0 spiro atoms. The summed E-state index contributed by atoms with van der Waals surface area (Å²) in [5.74, 6) is 1.36. The van der Waals surface area contributed by atoms with Crippen LogP contribution in [0.15, 0.2) is 41.1 Å². The van der Waals surface area contributed by atoms with Crippen LogP contribution in [0.5, 0.6) is 0 Å². The molecule has 2 N–H and O–H groups in total. The van der Waals surface area contributed by atoms with Gasteiger partial charge in [-0.2, -0.15) is 0 Å². The Bertz CT molecular complexity index is 908. The lowest BCUT2D eigenvalue weighted by atomic mass is 9.95. The van der Waals surface area contributed by atoms with Gasteiger partial charge in [0.15, 0.2) is 0 Å². The van der Waals surface area contributed by atoms with Gasteiger partial charge in [0.1, 0.15) is 11.5 Å². The number of nitrogens with zero attached hydrogens (tertiary/aromatic N) is 1. The number of imidazole rings is 1. The molecule has 1 aromatic carbocycles. The largest absolute Gasteiger partial charge is 0.460 e. The maximum atomic E-state index is 13.0. The van der Waals surface area contributed by atoms with Crippen LogP contribution >= 0.6 is 0 Å². The van der Waals surface area contributed by atoms with Crippen molar-refractivity contribution < 1.29 is 9.21 Å². The van der Waals surface area contributed by atoms with E-state index in [0.29, 0.717) is 11.3 Å². The molecule has 1 unspecified atom stereocenters. The fraction of sp³-hybridized carbons (Fsp3) is 0.300. The second kappa shape index (κ2) is 6.24. The highest BCUT2D eigenvalue weighted by Gasteiger charge is 2.27. The second-order valence-corrected chi connectivity index (χ2v) is 6.59. The summed E-state index contributed by atoms with van der Waals surface area (Å²) in [6.07, 6.45) is 4.31. The van der Waals surface area contributed by atoms with Gasteiger partial charge in [0.2, 0.25) is 0 Å². The van der Waals surface area contributed by atoms with Crippen molar-refractivity contribution in [2.24, 2.45) is 0 Å². The lowest BCUT2D eigenvalue weighted by Crippen LogP contribution is -2.39. The molecule has 4 rings (SSSR count). The number of fused-ring (bicyclic) bond motifs is 1. The Morgan fingerprint density at radius 1 is 1.28 bits per heavy atom. The minimum absolute atomic E-state index is 0.0684. The predicted octanol–water partition coefficient (Wildman–Crippen LogP) is 3.57. The van der Waals surface area contributed by atoms with Gasteiger partial charge in [-0.15, -0.1) is 0 Å². The van der Waals surface area contributed by atoms with E-state index in [0.717, 1.165) is 47.5 Å². The third-order valence-corrected chi connectivity index (χ3v) is 4.97. The molecule has 0 bridgehead atoms. The Hall–Kier alpha value is -2.82. The quantitative estimate of drug-likeness (QED) is 0.768. The number of aryl methyl sites for hydroxylation is 2. The van der Waals surface area contributed by atoms with Crippen molar-refractivity contribution in [1.29, 1.82) is 0 Å². The fourth-order valence-electron chi connectivity index (χ4n) is 3.47. The third kappa shape index (κ3) is 2.86. The van der Waals surface area contributed by atoms with Crippen molar-refractivity contribution in [2.45, 2.75) is 39.2 Å². The van der Waals surface area contributed by atoms with E-state index in [1.165, 1.54) is 0 Å². The first kappa shape index (κ1) is 15.7. The molecule has 0 aliphatic heterocycles. The van der Waals surface area contributed by atoms with E-state index in [4.69, 9.17) is 4.42 Å². The number of amides is 1. The average Bonchev–Trinajstić information content (AvgIpc) is 3.20. The SMILES string of the molecule is Cc1oc(-c2ccccc2)c(C(=O)NC2CCc3nc[nH]c3C2)c1C. The van der Waals surface area contributed by atoms with Crippen LogP contribution in [0, 0.1) is 13.8 Å². The number of nitrogens with one attached hydrogen (secondary N) is 2. The summed E-state index contributed by atoms with van der Waals surface area (Å²) >= 11 is 0. The van der Waals surface area contributed by atoms with E-state index in [1.807, 2.05) is 44.2 Å². The lowest BCUT2D eigenvalue weighted by molar-refractivity contribution is 0.0933. The maximum Gasteiger partial charge on any atom is 0.255 e. The Balaban J connectivity index is 1.61. The third-order valence-electron chi connectivity index (χ3n) is 4.97. The molecule has 1 aliphatic carbocycles. The second-order valence-electron chi connectivity index (χ2n) is 6.59. The van der Waals surface area contributed by atoms with Gasteiger partial charge in [-0.25, -0.2) is 4.98 Å². The van der Waals surface area contributed by atoms with Crippen LogP contribution in [0.3, 0.4) is 0 Å². The monoisotopic (exact) mass is 335 g/mol. The first-order valence-corrected chi connectivity index (χ1v) is 8.61. The Labute approximate surface area is 146 Å². The van der Waals surface area contributed by atoms with Crippen molar-refractivity contribution in [3.63, 3.8) is 0 Å². The number of carbonyl (C=O) groups is 1. The Morgan fingerprint density at radius 2 is 2.08 bits per heavy atom. The molecule has 0 saturated heterocycles. The molecule has 1 atom stereocenters. The van der Waals surface area contributed by atoms with E-state index in [2.05, 4.69) is 15.3 Å². The summed E-state index contributed by atoms with van der Waals surface area (Å²) in [5.41, 5.74) is 4.70. The Morgan fingerprint density at radius 3 is 2.88 bits per heavy atom. The summed E-state index contributed by atoms with van der Waals surface area (Å²) in [5, 5.41) is 3.18. The number of aromatic nitrogens is 2. The molecule has 25 heavy (non-hydrogen) atoms. The van der Waals surface area contributed by atoms with E-state index < -0.39 is 0 Å². The molecule has 1 amide bonds. The van der Waals surface area contributed by atoms with Gasteiger partial charge in [-0.3, -0.25) is 4.79 Å². The summed E-state index contributed by atoms with van der Waals surface area (Å²) in [7, 11) is 0. The molecule has 0 radical (unpaired) electrons. The van der Waals surface area contributed by atoms with Gasteiger partial charge in [-0.1, -0.05) is 30.3 Å². The zero-order valence-electron chi connectivity index (χ0n) is 14.4. The predicted molar refractivity (Wildman–Crippen MR) is 95.5 cm³/mol. The fourth-order valence-corrected chi connectivity index (χ4v) is 3.47. The number of rotatable bonds is 3. The van der Waals surface area contributed by atoms with Gasteiger partial charge in [0.05, 0.1) is 17.6 Å². The first-order valence-electron chi connectivity index (χ1n) is 8.61. The minimum Gasteiger partial charge on any atom is -0.460 e. The molecule has 0 fully saturated rings. The van der Waals surface area contributed by atoms with Gasteiger partial charge >= 0.3 is 0 Å². The number of hydrogen-bond donors (Lipinski definition) is 2. The maximum absolute atomic E-state index is 13.0. The minimum atomic E-state index is -0.0684. The van der Waals surface area contributed by atoms with E-state index in [1.54, 1.807) is 6.33 Å². The van der Waals surface area contributed by atoms with Crippen LogP contribution in [0.1, 0.15) is 39.5 Å². The van der Waals surface area contributed by atoms with Crippen LogP contribution in [-0.4, -0.2) is 21.9 Å². The molecule has 128 valence electrons. The molecule has 2 aromatic heterocycles. The first-order chi connectivity index (χ1) is 12.1. The van der Waals surface area contributed by atoms with Crippen LogP contribution in [0.4, 0.5) is 0 Å². The molecule has 0 saturated carbocycles. The molecule has 5 nitrogen and oxygen atoms in total. The van der Waals surface area contributed by atoms with Gasteiger partial charge < -0.3 is 14.7 Å². The molecular formula is C20H21N3O2.